The van der Waals surface area contributed by atoms with Crippen LogP contribution in [0.2, 0.25) is 0 Å². The lowest BCUT2D eigenvalue weighted by atomic mass is 9.97. The van der Waals surface area contributed by atoms with Crippen LogP contribution in [0.1, 0.15) is 25.0 Å². The normalized spacial score (nSPS) is 16.2. The van der Waals surface area contributed by atoms with Crippen molar-refractivity contribution in [1.29, 1.82) is 0 Å². The van der Waals surface area contributed by atoms with E-state index in [-0.39, 0.29) is 11.8 Å². The monoisotopic (exact) mass is 262 g/mol. The van der Waals surface area contributed by atoms with E-state index in [2.05, 4.69) is 6.07 Å². The molecule has 1 unspecified atom stereocenters. The van der Waals surface area contributed by atoms with Gasteiger partial charge in [0.15, 0.2) is 0 Å². The Bertz CT molecular complexity index is 457. The van der Waals surface area contributed by atoms with Crippen molar-refractivity contribution < 1.29 is 9.53 Å². The second-order valence-corrected chi connectivity index (χ2v) is 5.38. The summed E-state index contributed by atoms with van der Waals surface area (Å²) < 4.78 is 5.38. The summed E-state index contributed by atoms with van der Waals surface area (Å²) in [5.74, 6) is 1.05. The molecule has 1 aliphatic rings. The van der Waals surface area contributed by atoms with Crippen LogP contribution in [0.25, 0.3) is 0 Å². The summed E-state index contributed by atoms with van der Waals surface area (Å²) in [6.07, 6.45) is 0.864. The van der Waals surface area contributed by atoms with E-state index >= 15 is 0 Å². The first kappa shape index (κ1) is 13.9. The SMILES string of the molecule is COc1cccc2c1CN(C(=O)C(N)C(C)C)CC2. The molecule has 1 aromatic rings. The number of rotatable bonds is 3. The highest BCUT2D eigenvalue weighted by atomic mass is 16.5. The molecule has 1 aliphatic heterocycles. The molecular formula is C15H22N2O2. The van der Waals surface area contributed by atoms with Crippen LogP contribution in [0.5, 0.6) is 5.75 Å². The summed E-state index contributed by atoms with van der Waals surface area (Å²) in [6, 6.07) is 5.61. The van der Waals surface area contributed by atoms with Crippen molar-refractivity contribution in [3.05, 3.63) is 29.3 Å². The van der Waals surface area contributed by atoms with Gasteiger partial charge >= 0.3 is 0 Å². The van der Waals surface area contributed by atoms with Crippen molar-refractivity contribution in [2.24, 2.45) is 11.7 Å². The number of nitrogens with two attached hydrogens (primary N) is 1. The zero-order chi connectivity index (χ0) is 14.0. The molecule has 1 heterocycles. The van der Waals surface area contributed by atoms with Gasteiger partial charge in [0, 0.05) is 18.7 Å². The summed E-state index contributed by atoms with van der Waals surface area (Å²) in [7, 11) is 1.66. The maximum absolute atomic E-state index is 12.3. The highest BCUT2D eigenvalue weighted by molar-refractivity contribution is 5.82. The van der Waals surface area contributed by atoms with Crippen LogP contribution in [0.3, 0.4) is 0 Å². The van der Waals surface area contributed by atoms with Crippen LogP contribution in [0, 0.1) is 5.92 Å². The van der Waals surface area contributed by atoms with Crippen molar-refractivity contribution in [3.63, 3.8) is 0 Å². The van der Waals surface area contributed by atoms with E-state index in [0.717, 1.165) is 24.3 Å². The van der Waals surface area contributed by atoms with E-state index in [4.69, 9.17) is 10.5 Å². The summed E-state index contributed by atoms with van der Waals surface area (Å²) in [5.41, 5.74) is 8.34. The number of ether oxygens (including phenoxy) is 1. The number of benzene rings is 1. The highest BCUT2D eigenvalue weighted by Crippen LogP contribution is 2.28. The van der Waals surface area contributed by atoms with Crippen LogP contribution in [0.4, 0.5) is 0 Å². The molecule has 0 saturated carbocycles. The number of carbonyl (C=O) groups excluding carboxylic acids is 1. The van der Waals surface area contributed by atoms with Gasteiger partial charge in [0.1, 0.15) is 5.75 Å². The Labute approximate surface area is 114 Å². The number of fused-ring (bicyclic) bond motifs is 1. The number of nitrogens with zero attached hydrogens (tertiary/aromatic N) is 1. The maximum Gasteiger partial charge on any atom is 0.240 e. The molecule has 0 spiro atoms. The maximum atomic E-state index is 12.3. The molecule has 0 radical (unpaired) electrons. The number of methoxy groups -OCH3 is 1. The average Bonchev–Trinajstić information content (AvgIpc) is 2.44. The lowest BCUT2D eigenvalue weighted by molar-refractivity contribution is -0.134. The average molecular weight is 262 g/mol. The lowest BCUT2D eigenvalue weighted by Crippen LogP contribution is -2.48. The van der Waals surface area contributed by atoms with Crippen LogP contribution < -0.4 is 10.5 Å². The fourth-order valence-corrected chi connectivity index (χ4v) is 2.43. The third kappa shape index (κ3) is 2.73. The van der Waals surface area contributed by atoms with Gasteiger partial charge in [-0.3, -0.25) is 4.79 Å². The third-order valence-electron chi connectivity index (χ3n) is 3.77. The largest absolute Gasteiger partial charge is 0.496 e. The second-order valence-electron chi connectivity index (χ2n) is 5.38. The molecule has 0 aromatic heterocycles. The molecule has 1 aromatic carbocycles. The van der Waals surface area contributed by atoms with E-state index in [0.29, 0.717) is 6.54 Å². The molecule has 19 heavy (non-hydrogen) atoms. The molecule has 2 N–H and O–H groups in total. The van der Waals surface area contributed by atoms with E-state index in [1.807, 2.05) is 30.9 Å². The van der Waals surface area contributed by atoms with Gasteiger partial charge in [-0.2, -0.15) is 0 Å². The van der Waals surface area contributed by atoms with Crippen molar-refractivity contribution in [2.75, 3.05) is 13.7 Å². The van der Waals surface area contributed by atoms with Crippen LogP contribution in [0.15, 0.2) is 18.2 Å². The van der Waals surface area contributed by atoms with Gasteiger partial charge in [0.05, 0.1) is 13.2 Å². The number of hydrogen-bond acceptors (Lipinski definition) is 3. The summed E-state index contributed by atoms with van der Waals surface area (Å²) in [4.78, 5) is 14.2. The Morgan fingerprint density at radius 3 is 2.79 bits per heavy atom. The van der Waals surface area contributed by atoms with E-state index < -0.39 is 6.04 Å². The number of amides is 1. The van der Waals surface area contributed by atoms with Crippen molar-refractivity contribution >= 4 is 5.91 Å². The molecule has 0 bridgehead atoms. The fraction of sp³-hybridized carbons (Fsp3) is 0.533. The van der Waals surface area contributed by atoms with Gasteiger partial charge < -0.3 is 15.4 Å². The summed E-state index contributed by atoms with van der Waals surface area (Å²) in [6.45, 7) is 5.28. The smallest absolute Gasteiger partial charge is 0.240 e. The minimum Gasteiger partial charge on any atom is -0.496 e. The molecule has 0 saturated heterocycles. The Balaban J connectivity index is 2.20. The van der Waals surface area contributed by atoms with Crippen LogP contribution >= 0.6 is 0 Å². The first-order valence-electron chi connectivity index (χ1n) is 6.73. The molecule has 4 heteroatoms. The molecular weight excluding hydrogens is 240 g/mol. The van der Waals surface area contributed by atoms with Gasteiger partial charge in [0.25, 0.3) is 0 Å². The first-order valence-corrected chi connectivity index (χ1v) is 6.73. The van der Waals surface area contributed by atoms with Crippen molar-refractivity contribution in [1.82, 2.24) is 4.90 Å². The first-order chi connectivity index (χ1) is 9.04. The molecule has 4 nitrogen and oxygen atoms in total. The number of hydrogen-bond donors (Lipinski definition) is 1. The predicted octanol–water partition coefficient (Wildman–Crippen LogP) is 1.56. The topological polar surface area (TPSA) is 55.6 Å². The third-order valence-corrected chi connectivity index (χ3v) is 3.77. The summed E-state index contributed by atoms with van der Waals surface area (Å²) in [5, 5.41) is 0. The van der Waals surface area contributed by atoms with E-state index in [9.17, 15) is 4.79 Å². The van der Waals surface area contributed by atoms with E-state index in [1.54, 1.807) is 7.11 Å². The van der Waals surface area contributed by atoms with Gasteiger partial charge in [-0.1, -0.05) is 26.0 Å². The molecule has 0 fully saturated rings. The molecule has 0 aliphatic carbocycles. The Morgan fingerprint density at radius 2 is 2.16 bits per heavy atom. The predicted molar refractivity (Wildman–Crippen MR) is 74.9 cm³/mol. The Kier molecular flexibility index (Phi) is 4.10. The van der Waals surface area contributed by atoms with Gasteiger partial charge in [-0.05, 0) is 24.0 Å². The Morgan fingerprint density at radius 1 is 1.42 bits per heavy atom. The van der Waals surface area contributed by atoms with Crippen LogP contribution in [-0.4, -0.2) is 30.5 Å². The zero-order valence-corrected chi connectivity index (χ0v) is 11.8. The van der Waals surface area contributed by atoms with Crippen molar-refractivity contribution in [3.8, 4) is 5.75 Å². The summed E-state index contributed by atoms with van der Waals surface area (Å²) >= 11 is 0. The lowest BCUT2D eigenvalue weighted by Gasteiger charge is -2.32. The van der Waals surface area contributed by atoms with Crippen molar-refractivity contribution in [2.45, 2.75) is 32.9 Å². The van der Waals surface area contributed by atoms with Crippen LogP contribution in [-0.2, 0) is 17.8 Å². The number of carbonyl (C=O) groups is 1. The Hall–Kier alpha value is -1.55. The van der Waals surface area contributed by atoms with Gasteiger partial charge in [0.2, 0.25) is 5.91 Å². The minimum absolute atomic E-state index is 0.0338. The molecule has 1 amide bonds. The molecule has 104 valence electrons. The second kappa shape index (κ2) is 5.61. The molecule has 1 atom stereocenters. The zero-order valence-electron chi connectivity index (χ0n) is 11.8. The highest BCUT2D eigenvalue weighted by Gasteiger charge is 2.27. The quantitative estimate of drug-likeness (QED) is 0.899. The fourth-order valence-electron chi connectivity index (χ4n) is 2.43. The minimum atomic E-state index is -0.420. The van der Waals surface area contributed by atoms with Gasteiger partial charge in [-0.25, -0.2) is 0 Å². The van der Waals surface area contributed by atoms with Gasteiger partial charge in [-0.15, -0.1) is 0 Å². The van der Waals surface area contributed by atoms with E-state index in [1.165, 1.54) is 5.56 Å². The standard InChI is InChI=1S/C15H22N2O2/c1-10(2)14(16)15(18)17-8-7-11-5-4-6-13(19-3)12(11)9-17/h4-6,10,14H,7-9,16H2,1-3H3. The molecule has 2 rings (SSSR count).